The molecule has 0 aliphatic heterocycles. The van der Waals surface area contributed by atoms with E-state index in [0.717, 1.165) is 11.3 Å². The van der Waals surface area contributed by atoms with Crippen LogP contribution in [0, 0.1) is 18.3 Å². The number of carbonyl (C=O) groups excluding carboxylic acids is 1. The van der Waals surface area contributed by atoms with Crippen molar-refractivity contribution in [2.24, 2.45) is 0 Å². The van der Waals surface area contributed by atoms with Gasteiger partial charge in [0.2, 0.25) is 5.91 Å². The molecule has 0 saturated carbocycles. The number of carbonyl (C=O) groups is 1. The monoisotopic (exact) mass is 347 g/mol. The molecule has 0 bridgehead atoms. The summed E-state index contributed by atoms with van der Waals surface area (Å²) in [5.41, 5.74) is 2.80. The molecule has 1 aromatic heterocycles. The molecule has 3 rings (SSSR count). The number of hydrogen-bond acceptors (Lipinski definition) is 5. The number of hydrogen-bond donors (Lipinski definition) is 1. The predicted octanol–water partition coefficient (Wildman–Crippen LogP) is 2.68. The molecule has 1 N–H and O–H groups in total. The summed E-state index contributed by atoms with van der Waals surface area (Å²) in [7, 11) is 0. The number of ether oxygens (including phenoxy) is 1. The van der Waals surface area contributed by atoms with Gasteiger partial charge in [0.15, 0.2) is 0 Å². The lowest BCUT2D eigenvalue weighted by atomic mass is 10.2. The Balaban J connectivity index is 1.54. The van der Waals surface area contributed by atoms with Crippen LogP contribution in [0.25, 0.3) is 0 Å². The summed E-state index contributed by atoms with van der Waals surface area (Å²) in [6, 6.07) is 16.5. The van der Waals surface area contributed by atoms with Gasteiger partial charge in [0, 0.05) is 5.69 Å². The van der Waals surface area contributed by atoms with Crippen LogP contribution in [0.5, 0.6) is 5.75 Å². The zero-order chi connectivity index (χ0) is 18.4. The summed E-state index contributed by atoms with van der Waals surface area (Å²) in [5, 5.41) is 19.6. The summed E-state index contributed by atoms with van der Waals surface area (Å²) in [6.45, 7) is 2.29. The van der Waals surface area contributed by atoms with E-state index >= 15 is 0 Å². The molecule has 0 spiro atoms. The highest BCUT2D eigenvalue weighted by Crippen LogP contribution is 2.14. The molecule has 2 aromatic carbocycles. The molecule has 1 amide bonds. The Labute approximate surface area is 150 Å². The van der Waals surface area contributed by atoms with Gasteiger partial charge in [0.05, 0.1) is 17.8 Å². The van der Waals surface area contributed by atoms with E-state index in [1.807, 2.05) is 37.3 Å². The van der Waals surface area contributed by atoms with Crippen molar-refractivity contribution in [1.29, 1.82) is 5.26 Å². The lowest BCUT2D eigenvalue weighted by molar-refractivity contribution is -0.116. The normalized spacial score (nSPS) is 10.2. The van der Waals surface area contributed by atoms with Crippen LogP contribution in [0.1, 0.15) is 16.8 Å². The summed E-state index contributed by atoms with van der Waals surface area (Å²) < 4.78 is 7.11. The van der Waals surface area contributed by atoms with Crippen LogP contribution in [-0.4, -0.2) is 20.9 Å². The van der Waals surface area contributed by atoms with Crippen LogP contribution in [0.4, 0.5) is 5.69 Å². The highest BCUT2D eigenvalue weighted by molar-refractivity contribution is 5.90. The third kappa shape index (κ3) is 4.68. The van der Waals surface area contributed by atoms with Crippen molar-refractivity contribution in [1.82, 2.24) is 15.0 Å². The first-order valence-electron chi connectivity index (χ1n) is 8.01. The zero-order valence-electron chi connectivity index (χ0n) is 14.2. The van der Waals surface area contributed by atoms with E-state index < -0.39 is 0 Å². The SMILES string of the molecule is Cc1cccc(OCc2cn(CC(=O)Nc3cccc(C#N)c3)nn2)c1. The van der Waals surface area contributed by atoms with Crippen molar-refractivity contribution in [3.05, 3.63) is 71.5 Å². The molecule has 0 saturated heterocycles. The number of nitrogens with one attached hydrogen (secondary N) is 1. The second-order valence-electron chi connectivity index (χ2n) is 5.75. The van der Waals surface area contributed by atoms with Crippen molar-refractivity contribution in [2.75, 3.05) is 5.32 Å². The topological polar surface area (TPSA) is 92.8 Å². The second kappa shape index (κ2) is 7.94. The van der Waals surface area contributed by atoms with Gasteiger partial charge in [-0.3, -0.25) is 4.79 Å². The van der Waals surface area contributed by atoms with Gasteiger partial charge >= 0.3 is 0 Å². The van der Waals surface area contributed by atoms with Gasteiger partial charge in [-0.1, -0.05) is 23.4 Å². The van der Waals surface area contributed by atoms with Crippen molar-refractivity contribution < 1.29 is 9.53 Å². The Hall–Kier alpha value is -3.66. The molecule has 130 valence electrons. The van der Waals surface area contributed by atoms with Crippen molar-refractivity contribution in [3.8, 4) is 11.8 Å². The van der Waals surface area contributed by atoms with Gasteiger partial charge in [0.1, 0.15) is 24.6 Å². The molecule has 0 unspecified atom stereocenters. The number of anilines is 1. The quantitative estimate of drug-likeness (QED) is 0.740. The highest BCUT2D eigenvalue weighted by Gasteiger charge is 2.08. The van der Waals surface area contributed by atoms with E-state index in [1.54, 1.807) is 30.5 Å². The number of benzene rings is 2. The molecule has 0 fully saturated rings. The van der Waals surface area contributed by atoms with E-state index in [-0.39, 0.29) is 19.1 Å². The molecule has 1 heterocycles. The molecule has 0 aliphatic carbocycles. The minimum atomic E-state index is -0.254. The maximum absolute atomic E-state index is 12.1. The van der Waals surface area contributed by atoms with E-state index in [1.165, 1.54) is 4.68 Å². The first kappa shape index (κ1) is 17.2. The first-order chi connectivity index (χ1) is 12.6. The average molecular weight is 347 g/mol. The molecular weight excluding hydrogens is 330 g/mol. The molecule has 7 heteroatoms. The fourth-order valence-corrected chi connectivity index (χ4v) is 2.36. The summed E-state index contributed by atoms with van der Waals surface area (Å²) >= 11 is 0. The zero-order valence-corrected chi connectivity index (χ0v) is 14.2. The van der Waals surface area contributed by atoms with Gasteiger partial charge in [-0.05, 0) is 42.8 Å². The molecule has 0 radical (unpaired) electrons. The van der Waals surface area contributed by atoms with Gasteiger partial charge in [-0.25, -0.2) is 4.68 Å². The standard InChI is InChI=1S/C19H17N5O2/c1-14-4-2-7-18(8-14)26-13-17-11-24(23-22-17)12-19(25)21-16-6-3-5-15(9-16)10-20/h2-9,11H,12-13H2,1H3,(H,21,25). The van der Waals surface area contributed by atoms with Crippen LogP contribution in [0.3, 0.4) is 0 Å². The van der Waals surface area contributed by atoms with Gasteiger partial charge in [-0.2, -0.15) is 5.26 Å². The van der Waals surface area contributed by atoms with Crippen LogP contribution in [-0.2, 0) is 17.9 Å². The smallest absolute Gasteiger partial charge is 0.246 e. The summed E-state index contributed by atoms with van der Waals surface area (Å²) in [6.07, 6.45) is 1.67. The van der Waals surface area contributed by atoms with Gasteiger partial charge < -0.3 is 10.1 Å². The number of rotatable bonds is 6. The first-order valence-corrected chi connectivity index (χ1v) is 8.01. The minimum Gasteiger partial charge on any atom is -0.487 e. The van der Waals surface area contributed by atoms with Crippen LogP contribution in [0.15, 0.2) is 54.7 Å². The lowest BCUT2D eigenvalue weighted by Crippen LogP contribution is -2.19. The van der Waals surface area contributed by atoms with E-state index in [4.69, 9.17) is 10.00 Å². The summed E-state index contributed by atoms with van der Waals surface area (Å²) in [5.74, 6) is 0.505. The average Bonchev–Trinajstić information content (AvgIpc) is 3.07. The van der Waals surface area contributed by atoms with Crippen molar-refractivity contribution in [3.63, 3.8) is 0 Å². The molecule has 7 nitrogen and oxygen atoms in total. The molecule has 0 aliphatic rings. The minimum absolute atomic E-state index is 0.0220. The number of aryl methyl sites for hydroxylation is 1. The number of aromatic nitrogens is 3. The van der Waals surface area contributed by atoms with E-state index in [9.17, 15) is 4.79 Å². The Morgan fingerprint density at radius 1 is 1.27 bits per heavy atom. The Morgan fingerprint density at radius 3 is 2.92 bits per heavy atom. The maximum Gasteiger partial charge on any atom is 0.246 e. The van der Waals surface area contributed by atoms with E-state index in [0.29, 0.717) is 16.9 Å². The number of nitrogens with zero attached hydrogens (tertiary/aromatic N) is 4. The molecule has 26 heavy (non-hydrogen) atoms. The second-order valence-corrected chi connectivity index (χ2v) is 5.75. The fraction of sp³-hybridized carbons (Fsp3) is 0.158. The lowest BCUT2D eigenvalue weighted by Gasteiger charge is -2.05. The van der Waals surface area contributed by atoms with Gasteiger partial charge in [-0.15, -0.1) is 5.10 Å². The molecular formula is C19H17N5O2. The number of amides is 1. The number of nitriles is 1. The Morgan fingerprint density at radius 2 is 2.12 bits per heavy atom. The fourth-order valence-electron chi connectivity index (χ4n) is 2.36. The Kier molecular flexibility index (Phi) is 5.25. The van der Waals surface area contributed by atoms with Crippen LogP contribution >= 0.6 is 0 Å². The van der Waals surface area contributed by atoms with Crippen LogP contribution in [0.2, 0.25) is 0 Å². The predicted molar refractivity (Wildman–Crippen MR) is 95.3 cm³/mol. The largest absolute Gasteiger partial charge is 0.487 e. The molecule has 0 atom stereocenters. The van der Waals surface area contributed by atoms with Gasteiger partial charge in [0.25, 0.3) is 0 Å². The third-order valence-electron chi connectivity index (χ3n) is 3.54. The third-order valence-corrected chi connectivity index (χ3v) is 3.54. The van der Waals surface area contributed by atoms with Crippen molar-refractivity contribution >= 4 is 11.6 Å². The summed E-state index contributed by atoms with van der Waals surface area (Å²) in [4.78, 5) is 12.1. The van der Waals surface area contributed by atoms with E-state index in [2.05, 4.69) is 15.6 Å². The Bertz CT molecular complexity index is 958. The maximum atomic E-state index is 12.1. The molecule has 3 aromatic rings. The van der Waals surface area contributed by atoms with Crippen molar-refractivity contribution in [2.45, 2.75) is 20.1 Å². The van der Waals surface area contributed by atoms with Crippen LogP contribution < -0.4 is 10.1 Å². The highest BCUT2D eigenvalue weighted by atomic mass is 16.5.